The van der Waals surface area contributed by atoms with E-state index in [1.807, 2.05) is 48.7 Å². The molecule has 3 rings (SSSR count). The predicted molar refractivity (Wildman–Crippen MR) is 106 cm³/mol. The summed E-state index contributed by atoms with van der Waals surface area (Å²) >= 11 is 1.34. The number of benzene rings is 2. The van der Waals surface area contributed by atoms with Crippen molar-refractivity contribution in [2.75, 3.05) is 26.1 Å². The summed E-state index contributed by atoms with van der Waals surface area (Å²) < 4.78 is 16.1. The van der Waals surface area contributed by atoms with Crippen LogP contribution in [0.25, 0.3) is 11.3 Å². The molecule has 0 saturated carbocycles. The first-order valence-electron chi connectivity index (χ1n) is 8.26. The molecule has 0 aliphatic carbocycles. The topological polar surface area (TPSA) is 69.7 Å². The third-order valence-corrected chi connectivity index (χ3v) is 4.58. The van der Waals surface area contributed by atoms with Gasteiger partial charge in [0.05, 0.1) is 19.9 Å². The van der Waals surface area contributed by atoms with Gasteiger partial charge in [-0.15, -0.1) is 11.3 Å². The summed E-state index contributed by atoms with van der Waals surface area (Å²) in [6.45, 7) is 1.91. The Morgan fingerprint density at radius 3 is 2.52 bits per heavy atom. The number of anilines is 1. The fourth-order valence-corrected chi connectivity index (χ4v) is 3.13. The molecule has 0 bridgehead atoms. The lowest BCUT2D eigenvalue weighted by Gasteiger charge is -2.08. The first-order chi connectivity index (χ1) is 13.1. The van der Waals surface area contributed by atoms with Crippen LogP contribution in [0.3, 0.4) is 0 Å². The molecule has 7 heteroatoms. The highest BCUT2D eigenvalue weighted by Crippen LogP contribution is 2.34. The van der Waals surface area contributed by atoms with Crippen LogP contribution in [0.15, 0.2) is 47.8 Å². The predicted octanol–water partition coefficient (Wildman–Crippen LogP) is 4.15. The van der Waals surface area contributed by atoms with Crippen molar-refractivity contribution in [3.8, 4) is 28.5 Å². The average molecular weight is 384 g/mol. The number of thiazole rings is 1. The summed E-state index contributed by atoms with van der Waals surface area (Å²) in [5.74, 6) is 1.74. The van der Waals surface area contributed by atoms with Gasteiger partial charge in [-0.3, -0.25) is 10.1 Å². The zero-order chi connectivity index (χ0) is 19.2. The van der Waals surface area contributed by atoms with Crippen molar-refractivity contribution in [2.24, 2.45) is 0 Å². The number of rotatable bonds is 7. The number of carbonyl (C=O) groups excluding carboxylic acids is 1. The summed E-state index contributed by atoms with van der Waals surface area (Å²) in [6, 6.07) is 13.0. The molecule has 0 unspecified atom stereocenters. The van der Waals surface area contributed by atoms with Gasteiger partial charge in [0.15, 0.2) is 11.7 Å². The molecule has 27 heavy (non-hydrogen) atoms. The fraction of sp³-hybridized carbons (Fsp3) is 0.200. The number of nitrogens with one attached hydrogen (secondary N) is 1. The largest absolute Gasteiger partial charge is 0.497 e. The normalized spacial score (nSPS) is 10.3. The van der Waals surface area contributed by atoms with E-state index in [2.05, 4.69) is 10.3 Å². The fourth-order valence-electron chi connectivity index (χ4n) is 2.40. The van der Waals surface area contributed by atoms with Gasteiger partial charge in [0, 0.05) is 17.0 Å². The lowest BCUT2D eigenvalue weighted by molar-refractivity contribution is -0.118. The maximum atomic E-state index is 12.1. The van der Waals surface area contributed by atoms with Crippen LogP contribution in [-0.4, -0.2) is 31.7 Å². The number of aryl methyl sites for hydroxylation is 1. The molecule has 1 N–H and O–H groups in total. The van der Waals surface area contributed by atoms with Crippen LogP contribution in [0.1, 0.15) is 5.56 Å². The molecule has 1 amide bonds. The molecule has 0 fully saturated rings. The number of amides is 1. The van der Waals surface area contributed by atoms with Gasteiger partial charge in [-0.25, -0.2) is 4.98 Å². The maximum absolute atomic E-state index is 12.1. The third-order valence-electron chi connectivity index (χ3n) is 3.83. The molecule has 0 aliphatic heterocycles. The number of aromatic nitrogens is 1. The Balaban J connectivity index is 1.63. The Bertz CT molecular complexity index is 922. The second kappa shape index (κ2) is 8.55. The minimum absolute atomic E-state index is 0.0795. The van der Waals surface area contributed by atoms with Crippen molar-refractivity contribution < 1.29 is 19.0 Å². The van der Waals surface area contributed by atoms with E-state index in [4.69, 9.17) is 14.2 Å². The van der Waals surface area contributed by atoms with Crippen LogP contribution in [-0.2, 0) is 4.79 Å². The number of ether oxygens (including phenoxy) is 3. The van der Waals surface area contributed by atoms with Crippen molar-refractivity contribution in [3.63, 3.8) is 0 Å². The zero-order valence-electron chi connectivity index (χ0n) is 15.3. The van der Waals surface area contributed by atoms with Crippen LogP contribution in [0, 0.1) is 6.92 Å². The molecule has 0 atom stereocenters. The van der Waals surface area contributed by atoms with Gasteiger partial charge in [0.1, 0.15) is 17.2 Å². The number of hydrogen-bond acceptors (Lipinski definition) is 6. The summed E-state index contributed by atoms with van der Waals surface area (Å²) in [7, 11) is 3.19. The summed E-state index contributed by atoms with van der Waals surface area (Å²) in [4.78, 5) is 16.6. The number of carbonyl (C=O) groups is 1. The Morgan fingerprint density at radius 1 is 1.07 bits per heavy atom. The second-order valence-electron chi connectivity index (χ2n) is 5.75. The quantitative estimate of drug-likeness (QED) is 0.663. The molecule has 0 radical (unpaired) electrons. The second-order valence-corrected chi connectivity index (χ2v) is 6.61. The molecule has 1 heterocycles. The minimum atomic E-state index is -0.266. The van der Waals surface area contributed by atoms with Gasteiger partial charge in [-0.1, -0.05) is 17.7 Å². The molecule has 0 aliphatic rings. The molecule has 140 valence electrons. The summed E-state index contributed by atoms with van der Waals surface area (Å²) in [5.41, 5.74) is 2.68. The molecular formula is C20H20N2O4S. The van der Waals surface area contributed by atoms with E-state index < -0.39 is 0 Å². The standard InChI is InChI=1S/C20H20N2O4S/c1-13-4-6-14(7-5-13)26-11-19(23)22-20-21-17(12-27-20)16-9-8-15(24-2)10-18(16)25-3/h4-10,12H,11H2,1-3H3,(H,21,22,23). The van der Waals surface area contributed by atoms with Gasteiger partial charge in [0.25, 0.3) is 5.91 Å². The van der Waals surface area contributed by atoms with Crippen LogP contribution in [0.5, 0.6) is 17.2 Å². The van der Waals surface area contributed by atoms with E-state index >= 15 is 0 Å². The van der Waals surface area contributed by atoms with Crippen molar-refractivity contribution >= 4 is 22.4 Å². The van der Waals surface area contributed by atoms with E-state index in [0.717, 1.165) is 11.1 Å². The van der Waals surface area contributed by atoms with Crippen molar-refractivity contribution in [1.29, 1.82) is 0 Å². The lowest BCUT2D eigenvalue weighted by Crippen LogP contribution is -2.20. The van der Waals surface area contributed by atoms with Gasteiger partial charge >= 0.3 is 0 Å². The Morgan fingerprint density at radius 2 is 1.81 bits per heavy atom. The van der Waals surface area contributed by atoms with Crippen LogP contribution >= 0.6 is 11.3 Å². The van der Waals surface area contributed by atoms with Gasteiger partial charge in [-0.2, -0.15) is 0 Å². The summed E-state index contributed by atoms with van der Waals surface area (Å²) in [6.07, 6.45) is 0. The molecule has 0 saturated heterocycles. The van der Waals surface area contributed by atoms with Crippen LogP contribution < -0.4 is 19.5 Å². The molecular weight excluding hydrogens is 364 g/mol. The smallest absolute Gasteiger partial charge is 0.264 e. The molecule has 1 aromatic heterocycles. The monoisotopic (exact) mass is 384 g/mol. The Kier molecular flexibility index (Phi) is 5.93. The Hall–Kier alpha value is -3.06. The molecule has 2 aromatic carbocycles. The Labute approximate surface area is 161 Å². The minimum Gasteiger partial charge on any atom is -0.497 e. The van der Waals surface area contributed by atoms with Crippen LogP contribution in [0.2, 0.25) is 0 Å². The number of nitrogens with zero attached hydrogens (tertiary/aromatic N) is 1. The van der Waals surface area contributed by atoms with Crippen molar-refractivity contribution in [2.45, 2.75) is 6.92 Å². The van der Waals surface area contributed by atoms with Crippen molar-refractivity contribution in [3.05, 3.63) is 53.4 Å². The molecule has 0 spiro atoms. The third kappa shape index (κ3) is 4.77. The highest BCUT2D eigenvalue weighted by molar-refractivity contribution is 7.14. The SMILES string of the molecule is COc1ccc(-c2csc(NC(=O)COc3ccc(C)cc3)n2)c(OC)c1. The average Bonchev–Trinajstić information content (AvgIpc) is 3.15. The highest BCUT2D eigenvalue weighted by atomic mass is 32.1. The lowest BCUT2D eigenvalue weighted by atomic mass is 10.1. The number of hydrogen-bond donors (Lipinski definition) is 1. The zero-order valence-corrected chi connectivity index (χ0v) is 16.1. The van der Waals surface area contributed by atoms with Gasteiger partial charge in [-0.05, 0) is 31.2 Å². The van der Waals surface area contributed by atoms with E-state index in [1.54, 1.807) is 20.3 Å². The molecule has 6 nitrogen and oxygen atoms in total. The highest BCUT2D eigenvalue weighted by Gasteiger charge is 2.13. The van der Waals surface area contributed by atoms with E-state index in [1.165, 1.54) is 11.3 Å². The van der Waals surface area contributed by atoms with Crippen molar-refractivity contribution in [1.82, 2.24) is 4.98 Å². The van der Waals surface area contributed by atoms with E-state index in [9.17, 15) is 4.79 Å². The van der Waals surface area contributed by atoms with Gasteiger partial charge < -0.3 is 14.2 Å². The first-order valence-corrected chi connectivity index (χ1v) is 9.14. The maximum Gasteiger partial charge on any atom is 0.264 e. The van der Waals surface area contributed by atoms with E-state index in [-0.39, 0.29) is 12.5 Å². The van der Waals surface area contributed by atoms with E-state index in [0.29, 0.717) is 28.1 Å². The van der Waals surface area contributed by atoms with Crippen LogP contribution in [0.4, 0.5) is 5.13 Å². The number of methoxy groups -OCH3 is 2. The molecule has 3 aromatic rings. The first kappa shape index (κ1) is 18.7. The van der Waals surface area contributed by atoms with Gasteiger partial charge in [0.2, 0.25) is 0 Å². The summed E-state index contributed by atoms with van der Waals surface area (Å²) in [5, 5.41) is 5.11.